The highest BCUT2D eigenvalue weighted by molar-refractivity contribution is 6.07. The SMILES string of the molecule is NC(=O)C1(C(=O)NCc2cc3n(n2)CCCN(C2CCCCC2)C3)CC1. The highest BCUT2D eigenvalue weighted by atomic mass is 16.2. The van der Waals surface area contributed by atoms with Crippen LogP contribution >= 0.6 is 0 Å². The Balaban J connectivity index is 1.38. The van der Waals surface area contributed by atoms with Gasteiger partial charge in [-0.15, -0.1) is 0 Å². The summed E-state index contributed by atoms with van der Waals surface area (Å²) in [6, 6.07) is 2.81. The number of carbonyl (C=O) groups is 2. The maximum absolute atomic E-state index is 12.2. The van der Waals surface area contributed by atoms with Crippen LogP contribution in [-0.2, 0) is 29.2 Å². The monoisotopic (exact) mass is 359 g/mol. The zero-order valence-electron chi connectivity index (χ0n) is 15.4. The number of fused-ring (bicyclic) bond motifs is 1. The highest BCUT2D eigenvalue weighted by Gasteiger charge is 2.55. The van der Waals surface area contributed by atoms with Gasteiger partial charge in [-0.2, -0.15) is 5.10 Å². The van der Waals surface area contributed by atoms with Gasteiger partial charge in [0, 0.05) is 25.7 Å². The number of carbonyl (C=O) groups excluding carboxylic acids is 2. The molecule has 0 bridgehead atoms. The van der Waals surface area contributed by atoms with Gasteiger partial charge in [-0.25, -0.2) is 0 Å². The lowest BCUT2D eigenvalue weighted by molar-refractivity contribution is -0.135. The minimum absolute atomic E-state index is 0.253. The molecule has 3 aliphatic rings. The van der Waals surface area contributed by atoms with Crippen molar-refractivity contribution in [3.63, 3.8) is 0 Å². The highest BCUT2D eigenvalue weighted by Crippen LogP contribution is 2.45. The molecule has 3 N–H and O–H groups in total. The topological polar surface area (TPSA) is 93.2 Å². The van der Waals surface area contributed by atoms with Crippen molar-refractivity contribution in [2.24, 2.45) is 11.1 Å². The molecule has 7 nitrogen and oxygen atoms in total. The van der Waals surface area contributed by atoms with E-state index in [1.54, 1.807) is 0 Å². The first-order valence-electron chi connectivity index (χ1n) is 9.96. The van der Waals surface area contributed by atoms with Crippen LogP contribution in [0.2, 0.25) is 0 Å². The van der Waals surface area contributed by atoms with Crippen LogP contribution in [0.15, 0.2) is 6.07 Å². The number of aromatic nitrogens is 2. The summed E-state index contributed by atoms with van der Waals surface area (Å²) in [4.78, 5) is 26.3. The van der Waals surface area contributed by atoms with Gasteiger partial charge in [0.15, 0.2) is 0 Å². The molecule has 0 saturated heterocycles. The molecule has 2 saturated carbocycles. The van der Waals surface area contributed by atoms with E-state index in [1.165, 1.54) is 37.8 Å². The predicted octanol–water partition coefficient (Wildman–Crippen LogP) is 1.30. The van der Waals surface area contributed by atoms with Crippen LogP contribution in [0, 0.1) is 5.41 Å². The Kier molecular flexibility index (Phi) is 4.73. The predicted molar refractivity (Wildman–Crippen MR) is 96.8 cm³/mol. The normalized spacial score (nSPS) is 23.1. The first-order valence-corrected chi connectivity index (χ1v) is 9.96. The van der Waals surface area contributed by atoms with E-state index < -0.39 is 11.3 Å². The van der Waals surface area contributed by atoms with E-state index in [4.69, 9.17) is 5.73 Å². The Hall–Kier alpha value is -1.89. The summed E-state index contributed by atoms with van der Waals surface area (Å²) in [6.07, 6.45) is 8.92. The van der Waals surface area contributed by atoms with E-state index in [9.17, 15) is 9.59 Å². The molecule has 2 aliphatic carbocycles. The lowest BCUT2D eigenvalue weighted by Crippen LogP contribution is -2.40. The standard InChI is InChI=1S/C19H29N5O2/c20-17(25)19(7-8-19)18(26)21-12-14-11-16-13-23(9-4-10-24(16)22-14)15-5-2-1-3-6-15/h11,15H,1-10,12-13H2,(H2,20,25)(H,21,26). The summed E-state index contributed by atoms with van der Waals surface area (Å²) in [5, 5.41) is 7.52. The van der Waals surface area contributed by atoms with E-state index >= 15 is 0 Å². The lowest BCUT2D eigenvalue weighted by atomic mass is 9.94. The Labute approximate surface area is 154 Å². The van der Waals surface area contributed by atoms with Crippen molar-refractivity contribution < 1.29 is 9.59 Å². The molecule has 2 heterocycles. The fraction of sp³-hybridized carbons (Fsp3) is 0.737. The molecule has 1 aromatic rings. The molecule has 2 amide bonds. The van der Waals surface area contributed by atoms with Crippen molar-refractivity contribution in [1.29, 1.82) is 0 Å². The number of aryl methyl sites for hydroxylation is 1. The molecule has 0 aromatic carbocycles. The zero-order chi connectivity index (χ0) is 18.1. The largest absolute Gasteiger partial charge is 0.369 e. The second kappa shape index (κ2) is 7.02. The Bertz CT molecular complexity index is 688. The third kappa shape index (κ3) is 3.37. The number of rotatable bonds is 5. The number of nitrogens with zero attached hydrogens (tertiary/aromatic N) is 3. The fourth-order valence-corrected chi connectivity index (χ4v) is 4.44. The molecule has 142 valence electrons. The molecular weight excluding hydrogens is 330 g/mol. The fourth-order valence-electron chi connectivity index (χ4n) is 4.44. The smallest absolute Gasteiger partial charge is 0.236 e. The lowest BCUT2D eigenvalue weighted by Gasteiger charge is -2.33. The molecular formula is C19H29N5O2. The molecule has 0 radical (unpaired) electrons. The van der Waals surface area contributed by atoms with Crippen molar-refractivity contribution in [1.82, 2.24) is 20.0 Å². The van der Waals surface area contributed by atoms with Crippen molar-refractivity contribution >= 4 is 11.8 Å². The van der Waals surface area contributed by atoms with Gasteiger partial charge in [0.2, 0.25) is 11.8 Å². The number of hydrogen-bond donors (Lipinski definition) is 2. The second-order valence-electron chi connectivity index (χ2n) is 8.10. The van der Waals surface area contributed by atoms with Gasteiger partial charge in [0.05, 0.1) is 17.9 Å². The molecule has 1 aliphatic heterocycles. The molecule has 2 fully saturated rings. The Morgan fingerprint density at radius 2 is 1.96 bits per heavy atom. The summed E-state index contributed by atoms with van der Waals surface area (Å²) in [5.41, 5.74) is 6.49. The summed E-state index contributed by atoms with van der Waals surface area (Å²) < 4.78 is 2.09. The quantitative estimate of drug-likeness (QED) is 0.775. The van der Waals surface area contributed by atoms with E-state index in [1.807, 2.05) is 0 Å². The van der Waals surface area contributed by atoms with E-state index in [2.05, 4.69) is 26.1 Å². The van der Waals surface area contributed by atoms with Gasteiger partial charge in [-0.1, -0.05) is 19.3 Å². The first-order chi connectivity index (χ1) is 12.6. The van der Waals surface area contributed by atoms with Crippen molar-refractivity contribution in [3.8, 4) is 0 Å². The number of amides is 2. The van der Waals surface area contributed by atoms with Crippen molar-refractivity contribution in [2.75, 3.05) is 6.54 Å². The molecule has 0 atom stereocenters. The van der Waals surface area contributed by atoms with Crippen molar-refractivity contribution in [2.45, 2.75) is 77.0 Å². The second-order valence-corrected chi connectivity index (χ2v) is 8.10. The minimum Gasteiger partial charge on any atom is -0.369 e. The average molecular weight is 359 g/mol. The molecule has 7 heteroatoms. The van der Waals surface area contributed by atoms with Crippen LogP contribution in [0.25, 0.3) is 0 Å². The zero-order valence-corrected chi connectivity index (χ0v) is 15.4. The number of nitrogens with one attached hydrogen (secondary N) is 1. The molecule has 4 rings (SSSR count). The van der Waals surface area contributed by atoms with Crippen LogP contribution < -0.4 is 11.1 Å². The van der Waals surface area contributed by atoms with Crippen LogP contribution in [0.3, 0.4) is 0 Å². The van der Waals surface area contributed by atoms with Gasteiger partial charge >= 0.3 is 0 Å². The van der Waals surface area contributed by atoms with Gasteiger partial charge in [-0.3, -0.25) is 19.2 Å². The molecule has 26 heavy (non-hydrogen) atoms. The van der Waals surface area contributed by atoms with Crippen LogP contribution in [0.5, 0.6) is 0 Å². The number of hydrogen-bond acceptors (Lipinski definition) is 4. The van der Waals surface area contributed by atoms with E-state index in [0.29, 0.717) is 25.4 Å². The van der Waals surface area contributed by atoms with Gasteiger partial charge in [0.25, 0.3) is 0 Å². The van der Waals surface area contributed by atoms with E-state index in [0.717, 1.165) is 31.7 Å². The van der Waals surface area contributed by atoms with E-state index in [-0.39, 0.29) is 5.91 Å². The Morgan fingerprint density at radius 1 is 1.19 bits per heavy atom. The summed E-state index contributed by atoms with van der Waals surface area (Å²) in [5.74, 6) is -0.768. The van der Waals surface area contributed by atoms with Crippen molar-refractivity contribution in [3.05, 3.63) is 17.5 Å². The van der Waals surface area contributed by atoms with Crippen LogP contribution in [0.1, 0.15) is 62.8 Å². The average Bonchev–Trinajstić information content (AvgIpc) is 3.41. The third-order valence-electron chi connectivity index (χ3n) is 6.27. The maximum atomic E-state index is 12.2. The van der Waals surface area contributed by atoms with Crippen LogP contribution in [0.4, 0.5) is 0 Å². The summed E-state index contributed by atoms with van der Waals surface area (Å²) in [7, 11) is 0. The first kappa shape index (κ1) is 17.5. The van der Waals surface area contributed by atoms with Crippen LogP contribution in [-0.4, -0.2) is 39.1 Å². The summed E-state index contributed by atoms with van der Waals surface area (Å²) >= 11 is 0. The van der Waals surface area contributed by atoms with Gasteiger partial charge in [-0.05, 0) is 38.2 Å². The molecule has 0 spiro atoms. The maximum Gasteiger partial charge on any atom is 0.236 e. The molecule has 0 unspecified atom stereocenters. The Morgan fingerprint density at radius 3 is 2.65 bits per heavy atom. The number of primary amides is 1. The third-order valence-corrected chi connectivity index (χ3v) is 6.27. The van der Waals surface area contributed by atoms with Gasteiger partial charge in [0.1, 0.15) is 5.41 Å². The summed E-state index contributed by atoms with van der Waals surface area (Å²) in [6.45, 7) is 3.37. The number of nitrogens with two attached hydrogens (primary N) is 1. The minimum atomic E-state index is -0.964. The molecule has 1 aromatic heterocycles. The van der Waals surface area contributed by atoms with Gasteiger partial charge < -0.3 is 11.1 Å².